The van der Waals surface area contributed by atoms with E-state index in [0.717, 1.165) is 12.8 Å². The van der Waals surface area contributed by atoms with Gasteiger partial charge in [-0.25, -0.2) is 0 Å². The summed E-state index contributed by atoms with van der Waals surface area (Å²) in [5.41, 5.74) is 1.21. The van der Waals surface area contributed by atoms with Crippen molar-refractivity contribution >= 4 is 5.97 Å². The lowest BCUT2D eigenvalue weighted by Crippen LogP contribution is -2.17. The molecule has 0 aromatic heterocycles. The second kappa shape index (κ2) is 5.33. The van der Waals surface area contributed by atoms with Gasteiger partial charge in [-0.05, 0) is 37.2 Å². The van der Waals surface area contributed by atoms with Gasteiger partial charge in [0.05, 0.1) is 25.2 Å². The molecule has 3 heteroatoms. The lowest BCUT2D eigenvalue weighted by molar-refractivity contribution is -0.145. The van der Waals surface area contributed by atoms with Gasteiger partial charge in [-0.3, -0.25) is 4.79 Å². The third kappa shape index (κ3) is 2.66. The van der Waals surface area contributed by atoms with E-state index in [9.17, 15) is 4.79 Å². The molecule has 0 aliphatic heterocycles. The van der Waals surface area contributed by atoms with Crippen molar-refractivity contribution in [1.29, 1.82) is 0 Å². The fourth-order valence-corrected chi connectivity index (χ4v) is 3.30. The summed E-state index contributed by atoms with van der Waals surface area (Å²) in [5, 5.41) is 0. The summed E-state index contributed by atoms with van der Waals surface area (Å²) >= 11 is 0. The monoisotopic (exact) mass is 260 g/mol. The summed E-state index contributed by atoms with van der Waals surface area (Å²) in [7, 11) is 0. The van der Waals surface area contributed by atoms with E-state index in [0.29, 0.717) is 31.2 Å². The quantitative estimate of drug-likeness (QED) is 0.764. The van der Waals surface area contributed by atoms with Crippen LogP contribution in [-0.2, 0) is 20.9 Å². The van der Waals surface area contributed by atoms with Crippen LogP contribution in [-0.4, -0.2) is 18.7 Å². The molecule has 2 unspecified atom stereocenters. The Hall–Kier alpha value is -1.35. The lowest BCUT2D eigenvalue weighted by Gasteiger charge is -2.15. The van der Waals surface area contributed by atoms with Crippen LogP contribution in [0, 0.1) is 17.8 Å². The van der Waals surface area contributed by atoms with Crippen molar-refractivity contribution in [2.24, 2.45) is 17.8 Å². The molecular formula is C16H20O3. The number of fused-ring (bicyclic) bond motifs is 1. The minimum absolute atomic E-state index is 0.000917. The van der Waals surface area contributed by atoms with Crippen molar-refractivity contribution < 1.29 is 14.3 Å². The topological polar surface area (TPSA) is 35.5 Å². The van der Waals surface area contributed by atoms with Gasteiger partial charge in [0.15, 0.2) is 0 Å². The van der Waals surface area contributed by atoms with Crippen molar-refractivity contribution in [3.63, 3.8) is 0 Å². The van der Waals surface area contributed by atoms with Crippen LogP contribution in [0.15, 0.2) is 30.3 Å². The first kappa shape index (κ1) is 12.7. The number of ether oxygens (including phenoxy) is 2. The molecule has 3 rings (SSSR count). The molecule has 3 nitrogen and oxygen atoms in total. The zero-order valence-electron chi connectivity index (χ0n) is 11.2. The third-order valence-electron chi connectivity index (χ3n) is 4.29. The highest BCUT2D eigenvalue weighted by atomic mass is 16.5. The predicted octanol–water partition coefficient (Wildman–Crippen LogP) is 2.79. The largest absolute Gasteiger partial charge is 0.466 e. The van der Waals surface area contributed by atoms with Crippen LogP contribution in [0.25, 0.3) is 0 Å². The number of hydrogen-bond donors (Lipinski definition) is 0. The van der Waals surface area contributed by atoms with E-state index in [1.54, 1.807) is 0 Å². The van der Waals surface area contributed by atoms with Gasteiger partial charge in [-0.15, -0.1) is 0 Å². The highest BCUT2D eigenvalue weighted by molar-refractivity contribution is 5.76. The first-order valence-corrected chi connectivity index (χ1v) is 7.11. The highest BCUT2D eigenvalue weighted by Crippen LogP contribution is 2.58. The number of carbonyl (C=O) groups excluding carboxylic acids is 1. The van der Waals surface area contributed by atoms with E-state index in [-0.39, 0.29) is 11.9 Å². The van der Waals surface area contributed by atoms with E-state index in [2.05, 4.69) is 12.1 Å². The van der Waals surface area contributed by atoms with Gasteiger partial charge in [0.2, 0.25) is 0 Å². The van der Waals surface area contributed by atoms with Crippen LogP contribution in [0.3, 0.4) is 0 Å². The zero-order chi connectivity index (χ0) is 13.2. The first-order chi connectivity index (χ1) is 9.29. The van der Waals surface area contributed by atoms with Gasteiger partial charge in [0.1, 0.15) is 0 Å². The van der Waals surface area contributed by atoms with E-state index in [4.69, 9.17) is 9.47 Å². The predicted molar refractivity (Wildman–Crippen MR) is 71.4 cm³/mol. The van der Waals surface area contributed by atoms with Crippen LogP contribution in [0.5, 0.6) is 0 Å². The maximum atomic E-state index is 11.6. The molecule has 2 saturated carbocycles. The van der Waals surface area contributed by atoms with Crippen LogP contribution >= 0.6 is 0 Å². The molecule has 1 aromatic carbocycles. The number of carbonyl (C=O) groups is 1. The maximum absolute atomic E-state index is 11.6. The molecule has 2 fully saturated rings. The van der Waals surface area contributed by atoms with Crippen LogP contribution in [0.2, 0.25) is 0 Å². The van der Waals surface area contributed by atoms with Gasteiger partial charge >= 0.3 is 5.97 Å². The van der Waals surface area contributed by atoms with Crippen LogP contribution in [0.4, 0.5) is 0 Å². The van der Waals surface area contributed by atoms with Crippen molar-refractivity contribution in [2.45, 2.75) is 32.5 Å². The Bertz CT molecular complexity index is 431. The molecule has 2 aliphatic rings. The number of rotatable bonds is 5. The smallest absolute Gasteiger partial charge is 0.309 e. The van der Waals surface area contributed by atoms with E-state index in [1.807, 2.05) is 25.1 Å². The molecule has 1 aromatic rings. The molecule has 0 bridgehead atoms. The molecule has 2 atom stereocenters. The Morgan fingerprint density at radius 3 is 2.53 bits per heavy atom. The van der Waals surface area contributed by atoms with E-state index in [1.165, 1.54) is 5.56 Å². The Morgan fingerprint density at radius 1 is 1.21 bits per heavy atom. The normalized spacial score (nSPS) is 31.8. The molecular weight excluding hydrogens is 240 g/mol. The minimum Gasteiger partial charge on any atom is -0.466 e. The first-order valence-electron chi connectivity index (χ1n) is 7.11. The maximum Gasteiger partial charge on any atom is 0.309 e. The molecule has 0 saturated heterocycles. The van der Waals surface area contributed by atoms with Gasteiger partial charge in [0, 0.05) is 0 Å². The SMILES string of the molecule is CCOC(=O)C1C2CC(OCc3ccccc3)CC21. The van der Waals surface area contributed by atoms with Crippen molar-refractivity contribution in [1.82, 2.24) is 0 Å². The van der Waals surface area contributed by atoms with Crippen molar-refractivity contribution in [2.75, 3.05) is 6.61 Å². The molecule has 0 heterocycles. The second-order valence-corrected chi connectivity index (χ2v) is 5.50. The van der Waals surface area contributed by atoms with Crippen LogP contribution < -0.4 is 0 Å². The summed E-state index contributed by atoms with van der Waals surface area (Å²) < 4.78 is 11.0. The molecule has 19 heavy (non-hydrogen) atoms. The zero-order valence-corrected chi connectivity index (χ0v) is 11.2. The fraction of sp³-hybridized carbons (Fsp3) is 0.562. The standard InChI is InChI=1S/C16H20O3/c1-2-18-16(17)15-13-8-12(9-14(13)15)19-10-11-6-4-3-5-7-11/h3-7,12-15H,2,8-10H2,1H3. The molecule has 0 N–H and O–H groups in total. The summed E-state index contributed by atoms with van der Waals surface area (Å²) in [4.78, 5) is 11.6. The Balaban J connectivity index is 1.43. The number of hydrogen-bond acceptors (Lipinski definition) is 3. The van der Waals surface area contributed by atoms with Crippen LogP contribution in [0.1, 0.15) is 25.3 Å². The summed E-state index contributed by atoms with van der Waals surface area (Å²) in [5.74, 6) is 1.19. The van der Waals surface area contributed by atoms with Crippen molar-refractivity contribution in [3.05, 3.63) is 35.9 Å². The number of esters is 1. The number of benzene rings is 1. The molecule has 2 aliphatic carbocycles. The average Bonchev–Trinajstić information content (AvgIpc) is 2.94. The van der Waals surface area contributed by atoms with E-state index >= 15 is 0 Å². The summed E-state index contributed by atoms with van der Waals surface area (Å²) in [6.45, 7) is 3.03. The molecule has 0 spiro atoms. The average molecular weight is 260 g/mol. The Labute approximate surface area is 113 Å². The van der Waals surface area contributed by atoms with Gasteiger partial charge in [-0.1, -0.05) is 30.3 Å². The van der Waals surface area contributed by atoms with Gasteiger partial charge in [-0.2, -0.15) is 0 Å². The fourth-order valence-electron chi connectivity index (χ4n) is 3.30. The van der Waals surface area contributed by atoms with E-state index < -0.39 is 0 Å². The second-order valence-electron chi connectivity index (χ2n) is 5.50. The summed E-state index contributed by atoms with van der Waals surface area (Å²) in [6, 6.07) is 10.2. The van der Waals surface area contributed by atoms with Crippen molar-refractivity contribution in [3.8, 4) is 0 Å². The molecule has 0 radical (unpaired) electrons. The Morgan fingerprint density at radius 2 is 1.89 bits per heavy atom. The minimum atomic E-state index is -0.000917. The third-order valence-corrected chi connectivity index (χ3v) is 4.29. The summed E-state index contributed by atoms with van der Waals surface area (Å²) in [6.07, 6.45) is 2.35. The van der Waals surface area contributed by atoms with Gasteiger partial charge < -0.3 is 9.47 Å². The molecule has 0 amide bonds. The lowest BCUT2D eigenvalue weighted by atomic mass is 10.1. The highest BCUT2D eigenvalue weighted by Gasteiger charge is 2.60. The Kier molecular flexibility index (Phi) is 3.56. The van der Waals surface area contributed by atoms with Gasteiger partial charge in [0.25, 0.3) is 0 Å². The molecule has 102 valence electrons.